The molecule has 0 fully saturated rings. The van der Waals surface area contributed by atoms with Gasteiger partial charge in [0, 0.05) is 32.3 Å². The number of guanidine groups is 1. The predicted molar refractivity (Wildman–Crippen MR) is 120 cm³/mol. The summed E-state index contributed by atoms with van der Waals surface area (Å²) < 4.78 is 16.1. The summed E-state index contributed by atoms with van der Waals surface area (Å²) in [6.45, 7) is 13.1. The molecule has 170 valence electrons. The Bertz CT molecular complexity index is 672. The van der Waals surface area contributed by atoms with Crippen molar-refractivity contribution in [3.8, 4) is 5.75 Å². The number of aliphatic imine (C=N–C) groups is 1. The second kappa shape index (κ2) is 13.7. The fourth-order valence-electron chi connectivity index (χ4n) is 2.47. The van der Waals surface area contributed by atoms with Gasteiger partial charge in [0.25, 0.3) is 0 Å². The molecule has 0 unspecified atom stereocenters. The van der Waals surface area contributed by atoms with Gasteiger partial charge in [-0.2, -0.15) is 0 Å². The molecule has 0 aliphatic carbocycles. The molecule has 0 saturated heterocycles. The van der Waals surface area contributed by atoms with Crippen molar-refractivity contribution in [2.24, 2.45) is 4.99 Å². The highest BCUT2D eigenvalue weighted by atomic mass is 16.6. The molecule has 0 saturated carbocycles. The van der Waals surface area contributed by atoms with Crippen molar-refractivity contribution >= 4 is 12.1 Å². The van der Waals surface area contributed by atoms with E-state index in [1.165, 1.54) is 0 Å². The topological polar surface area (TPSA) is 93.2 Å². The van der Waals surface area contributed by atoms with Crippen molar-refractivity contribution < 1.29 is 19.0 Å². The lowest BCUT2D eigenvalue weighted by atomic mass is 10.1. The molecular formula is C22H38N4O4. The van der Waals surface area contributed by atoms with Crippen molar-refractivity contribution in [2.75, 3.05) is 40.0 Å². The summed E-state index contributed by atoms with van der Waals surface area (Å²) in [6.07, 6.45) is 0.350. The first-order chi connectivity index (χ1) is 14.2. The minimum atomic E-state index is -0.491. The number of methoxy groups -OCH3 is 1. The summed E-state index contributed by atoms with van der Waals surface area (Å²) in [5.41, 5.74) is 1.66. The number of ether oxygens (including phenoxy) is 3. The van der Waals surface area contributed by atoms with E-state index in [1.54, 1.807) is 7.11 Å². The number of alkyl carbamates (subject to hydrolysis) is 1. The third-order valence-electron chi connectivity index (χ3n) is 3.83. The van der Waals surface area contributed by atoms with Crippen LogP contribution in [0.5, 0.6) is 5.75 Å². The number of nitrogens with zero attached hydrogens (tertiary/aromatic N) is 1. The summed E-state index contributed by atoms with van der Waals surface area (Å²) >= 11 is 0. The van der Waals surface area contributed by atoms with Crippen LogP contribution in [0.2, 0.25) is 0 Å². The summed E-state index contributed by atoms with van der Waals surface area (Å²) in [5, 5.41) is 9.27. The maximum absolute atomic E-state index is 11.7. The molecule has 0 aromatic heterocycles. The van der Waals surface area contributed by atoms with Gasteiger partial charge in [-0.05, 0) is 52.7 Å². The average molecular weight is 423 g/mol. The minimum Gasteiger partial charge on any atom is -0.491 e. The molecule has 30 heavy (non-hydrogen) atoms. The third kappa shape index (κ3) is 11.5. The van der Waals surface area contributed by atoms with E-state index in [-0.39, 0.29) is 0 Å². The molecule has 0 heterocycles. The van der Waals surface area contributed by atoms with E-state index < -0.39 is 11.7 Å². The summed E-state index contributed by atoms with van der Waals surface area (Å²) in [5.74, 6) is 1.55. The van der Waals surface area contributed by atoms with Gasteiger partial charge in [0.1, 0.15) is 18.0 Å². The van der Waals surface area contributed by atoms with Crippen LogP contribution < -0.4 is 20.7 Å². The molecule has 8 heteroatoms. The molecule has 0 bridgehead atoms. The Hall–Kier alpha value is -2.48. The first-order valence-electron chi connectivity index (χ1n) is 10.5. The summed E-state index contributed by atoms with van der Waals surface area (Å²) in [4.78, 5) is 16.3. The van der Waals surface area contributed by atoms with Crippen LogP contribution in [0.3, 0.4) is 0 Å². The van der Waals surface area contributed by atoms with Crippen LogP contribution in [-0.2, 0) is 16.0 Å². The van der Waals surface area contributed by atoms with E-state index in [2.05, 4.69) is 27.0 Å². The fourth-order valence-corrected chi connectivity index (χ4v) is 2.47. The molecule has 3 N–H and O–H groups in total. The van der Waals surface area contributed by atoms with E-state index in [0.717, 1.165) is 35.8 Å². The molecule has 0 aliphatic rings. The maximum Gasteiger partial charge on any atom is 0.407 e. The van der Waals surface area contributed by atoms with Gasteiger partial charge in [0.15, 0.2) is 5.96 Å². The number of aryl methyl sites for hydroxylation is 1. The molecule has 0 spiro atoms. The SMILES string of the molecule is CCNC(=NCc1ccc(C)cc1OCCOC)NCCCNC(=O)OC(C)(C)C. The van der Waals surface area contributed by atoms with Crippen LogP contribution in [0.25, 0.3) is 0 Å². The van der Waals surface area contributed by atoms with E-state index in [1.807, 2.05) is 46.8 Å². The number of hydrogen-bond acceptors (Lipinski definition) is 5. The smallest absolute Gasteiger partial charge is 0.407 e. The monoisotopic (exact) mass is 422 g/mol. The molecule has 1 aromatic carbocycles. The molecule has 8 nitrogen and oxygen atoms in total. The van der Waals surface area contributed by atoms with Gasteiger partial charge in [-0.25, -0.2) is 9.79 Å². The first kappa shape index (κ1) is 25.6. The quantitative estimate of drug-likeness (QED) is 0.288. The van der Waals surface area contributed by atoms with Gasteiger partial charge in [-0.1, -0.05) is 12.1 Å². The molecule has 1 amide bonds. The van der Waals surface area contributed by atoms with Gasteiger partial charge in [-0.15, -0.1) is 0 Å². The second-order valence-electron chi connectivity index (χ2n) is 7.86. The number of carbonyl (C=O) groups excluding carboxylic acids is 1. The van der Waals surface area contributed by atoms with E-state index >= 15 is 0 Å². The Morgan fingerprint density at radius 1 is 1.10 bits per heavy atom. The lowest BCUT2D eigenvalue weighted by Gasteiger charge is -2.19. The molecule has 0 radical (unpaired) electrons. The van der Waals surface area contributed by atoms with Crippen LogP contribution in [0, 0.1) is 6.92 Å². The van der Waals surface area contributed by atoms with E-state index in [4.69, 9.17) is 14.2 Å². The van der Waals surface area contributed by atoms with E-state index in [0.29, 0.717) is 32.8 Å². The number of nitrogens with one attached hydrogen (secondary N) is 3. The lowest BCUT2D eigenvalue weighted by Crippen LogP contribution is -2.39. The minimum absolute atomic E-state index is 0.400. The van der Waals surface area contributed by atoms with Crippen molar-refractivity contribution in [1.82, 2.24) is 16.0 Å². The van der Waals surface area contributed by atoms with Gasteiger partial charge >= 0.3 is 6.09 Å². The van der Waals surface area contributed by atoms with Crippen molar-refractivity contribution in [3.05, 3.63) is 29.3 Å². The summed E-state index contributed by atoms with van der Waals surface area (Å²) in [7, 11) is 1.65. The zero-order valence-electron chi connectivity index (χ0n) is 19.3. The highest BCUT2D eigenvalue weighted by Crippen LogP contribution is 2.21. The number of amides is 1. The number of rotatable bonds is 11. The average Bonchev–Trinajstić information content (AvgIpc) is 2.65. The van der Waals surface area contributed by atoms with Crippen LogP contribution in [0.1, 0.15) is 45.2 Å². The standard InChI is InChI=1S/C22H38N4O4/c1-7-23-20(24-11-8-12-25-21(27)30-22(3,4)5)26-16-18-10-9-17(2)15-19(18)29-14-13-28-6/h9-10,15H,7-8,11-14,16H2,1-6H3,(H,25,27)(H2,23,24,26). The van der Waals surface area contributed by atoms with Gasteiger partial charge in [-0.3, -0.25) is 0 Å². The van der Waals surface area contributed by atoms with Gasteiger partial charge in [0.2, 0.25) is 0 Å². The van der Waals surface area contributed by atoms with Crippen LogP contribution in [0.4, 0.5) is 4.79 Å². The Balaban J connectivity index is 2.53. The predicted octanol–water partition coefficient (Wildman–Crippen LogP) is 2.99. The second-order valence-corrected chi connectivity index (χ2v) is 7.86. The third-order valence-corrected chi connectivity index (χ3v) is 3.83. The van der Waals surface area contributed by atoms with Crippen molar-refractivity contribution in [3.63, 3.8) is 0 Å². The molecule has 1 aromatic rings. The van der Waals surface area contributed by atoms with Gasteiger partial charge < -0.3 is 30.2 Å². The highest BCUT2D eigenvalue weighted by molar-refractivity contribution is 5.79. The molecule has 0 aliphatic heterocycles. The molecule has 0 atom stereocenters. The number of hydrogen-bond donors (Lipinski definition) is 3. The normalized spacial score (nSPS) is 11.7. The van der Waals surface area contributed by atoms with E-state index in [9.17, 15) is 4.79 Å². The number of carbonyl (C=O) groups is 1. The maximum atomic E-state index is 11.7. The van der Waals surface area contributed by atoms with Crippen molar-refractivity contribution in [1.29, 1.82) is 0 Å². The number of benzene rings is 1. The van der Waals surface area contributed by atoms with Crippen molar-refractivity contribution in [2.45, 2.75) is 53.2 Å². The Labute approximate surface area is 180 Å². The molecular weight excluding hydrogens is 384 g/mol. The zero-order chi connectivity index (χ0) is 22.4. The highest BCUT2D eigenvalue weighted by Gasteiger charge is 2.15. The Morgan fingerprint density at radius 2 is 1.83 bits per heavy atom. The van der Waals surface area contributed by atoms with Crippen LogP contribution in [-0.4, -0.2) is 57.6 Å². The largest absolute Gasteiger partial charge is 0.491 e. The Morgan fingerprint density at radius 3 is 2.50 bits per heavy atom. The molecule has 1 rings (SSSR count). The summed E-state index contributed by atoms with van der Waals surface area (Å²) in [6, 6.07) is 6.11. The van der Waals surface area contributed by atoms with Crippen LogP contribution in [0.15, 0.2) is 23.2 Å². The lowest BCUT2D eigenvalue weighted by molar-refractivity contribution is 0.0527. The fraction of sp³-hybridized carbons (Fsp3) is 0.636. The van der Waals surface area contributed by atoms with Crippen LogP contribution >= 0.6 is 0 Å². The first-order valence-corrected chi connectivity index (χ1v) is 10.5. The Kier molecular flexibility index (Phi) is 11.7. The van der Waals surface area contributed by atoms with Gasteiger partial charge in [0.05, 0.1) is 13.2 Å². The zero-order valence-corrected chi connectivity index (χ0v) is 19.3.